The molecule has 2 aliphatic rings. The van der Waals surface area contributed by atoms with Crippen molar-refractivity contribution in [3.8, 4) is 0 Å². The van der Waals surface area contributed by atoms with Crippen LogP contribution in [0, 0.1) is 27.7 Å². The summed E-state index contributed by atoms with van der Waals surface area (Å²) >= 11 is 14.7. The molecule has 2 atom stereocenters. The van der Waals surface area contributed by atoms with Gasteiger partial charge in [0.2, 0.25) is 0 Å². The molecule has 0 bridgehead atoms. The van der Waals surface area contributed by atoms with Gasteiger partial charge < -0.3 is 0 Å². The highest BCUT2D eigenvalue weighted by atomic mass is 35.5. The summed E-state index contributed by atoms with van der Waals surface area (Å²) in [6.45, 7) is 13.0. The van der Waals surface area contributed by atoms with Crippen molar-refractivity contribution in [1.82, 2.24) is 0 Å². The molecule has 0 spiro atoms. The fraction of sp³-hybridized carbons (Fsp3) is 0.385. The van der Waals surface area contributed by atoms with Gasteiger partial charge in [-0.25, -0.2) is 0 Å². The molecule has 28 heavy (non-hydrogen) atoms. The number of rotatable bonds is 3. The average molecular weight is 411 g/mol. The summed E-state index contributed by atoms with van der Waals surface area (Å²) in [6.07, 6.45) is 6.17. The van der Waals surface area contributed by atoms with Gasteiger partial charge in [-0.2, -0.15) is 0 Å². The van der Waals surface area contributed by atoms with E-state index in [0.29, 0.717) is 0 Å². The van der Waals surface area contributed by atoms with E-state index in [4.69, 9.17) is 23.2 Å². The van der Waals surface area contributed by atoms with Crippen molar-refractivity contribution in [3.05, 3.63) is 79.9 Å². The molecule has 2 aromatic rings. The van der Waals surface area contributed by atoms with Gasteiger partial charge in [0.1, 0.15) is 0 Å². The van der Waals surface area contributed by atoms with Gasteiger partial charge in [0.25, 0.3) is 0 Å². The molecule has 2 aromatic carbocycles. The van der Waals surface area contributed by atoms with Crippen molar-refractivity contribution < 1.29 is 0 Å². The molecule has 0 aromatic heterocycles. The molecule has 0 heterocycles. The second kappa shape index (κ2) is 6.51. The zero-order valence-corrected chi connectivity index (χ0v) is 19.1. The summed E-state index contributed by atoms with van der Waals surface area (Å²) in [5.74, 6) is 0. The Morgan fingerprint density at radius 2 is 0.893 bits per heavy atom. The number of alkyl halides is 2. The Morgan fingerprint density at radius 1 is 0.571 bits per heavy atom. The molecule has 146 valence electrons. The normalized spacial score (nSPS) is 25.4. The zero-order valence-electron chi connectivity index (χ0n) is 17.6. The highest BCUT2D eigenvalue weighted by Crippen LogP contribution is 2.56. The molecule has 2 unspecified atom stereocenters. The van der Waals surface area contributed by atoms with Gasteiger partial charge in [-0.05, 0) is 110 Å². The maximum atomic E-state index is 7.37. The van der Waals surface area contributed by atoms with Crippen molar-refractivity contribution in [2.24, 2.45) is 0 Å². The second-order valence-electron chi connectivity index (χ2n) is 8.73. The molecule has 2 aliphatic carbocycles. The fourth-order valence-electron chi connectivity index (χ4n) is 5.13. The Kier molecular flexibility index (Phi) is 4.60. The predicted octanol–water partition coefficient (Wildman–Crippen LogP) is 8.10. The lowest BCUT2D eigenvalue weighted by atomic mass is 9.81. The van der Waals surface area contributed by atoms with Crippen molar-refractivity contribution in [2.45, 2.75) is 64.1 Å². The highest BCUT2D eigenvalue weighted by Gasteiger charge is 2.45. The first-order valence-corrected chi connectivity index (χ1v) is 10.8. The summed E-state index contributed by atoms with van der Waals surface area (Å²) in [7, 11) is 0. The Balaban J connectivity index is 1.75. The van der Waals surface area contributed by atoms with E-state index in [1.165, 1.54) is 55.7 Å². The molecular formula is C26H28Cl2. The molecule has 4 rings (SSSR count). The van der Waals surface area contributed by atoms with Crippen LogP contribution in [-0.4, -0.2) is 0 Å². The molecule has 0 fully saturated rings. The summed E-state index contributed by atoms with van der Waals surface area (Å²) < 4.78 is 0. The van der Waals surface area contributed by atoms with Gasteiger partial charge in [0.15, 0.2) is 0 Å². The second-order valence-corrected chi connectivity index (χ2v) is 10.0. The number of allylic oxidation sites excluding steroid dienone is 2. The van der Waals surface area contributed by atoms with Gasteiger partial charge >= 0.3 is 0 Å². The van der Waals surface area contributed by atoms with Crippen LogP contribution < -0.4 is 0 Å². The summed E-state index contributed by atoms with van der Waals surface area (Å²) in [4.78, 5) is -0.956. The van der Waals surface area contributed by atoms with Crippen LogP contribution in [0.3, 0.4) is 0 Å². The largest absolute Gasteiger partial charge is 0.109 e. The topological polar surface area (TPSA) is 0 Å². The molecule has 0 saturated heterocycles. The fourth-order valence-corrected chi connectivity index (χ4v) is 5.93. The minimum absolute atomic E-state index is 0.478. The van der Waals surface area contributed by atoms with Crippen LogP contribution in [-0.2, 0) is 9.75 Å². The molecule has 2 heteroatoms. The molecule has 0 saturated carbocycles. The first-order valence-electron chi connectivity index (χ1n) is 10.1. The monoisotopic (exact) mass is 410 g/mol. The lowest BCUT2D eigenvalue weighted by molar-refractivity contribution is 0.533. The van der Waals surface area contributed by atoms with E-state index in [1.54, 1.807) is 0 Å². The molecule has 0 amide bonds. The third-order valence-corrected chi connectivity index (χ3v) is 8.27. The van der Waals surface area contributed by atoms with Crippen molar-refractivity contribution in [3.63, 3.8) is 0 Å². The number of aryl methyl sites for hydroxylation is 4. The average Bonchev–Trinajstić information content (AvgIpc) is 3.07. The van der Waals surface area contributed by atoms with Crippen LogP contribution in [0.25, 0.3) is 12.2 Å². The Morgan fingerprint density at radius 3 is 1.25 bits per heavy atom. The smallest absolute Gasteiger partial charge is 0.0914 e. The standard InChI is InChI=1S/C26H28Cl2/c1-15-7-9-17(3)23-21(15)13-19(5)25(23,27)11-12-26(28)20(6)14-22-16(2)8-10-18(4)24(22)26/h7-10,13-14H,11-12H2,1-6H3. The van der Waals surface area contributed by atoms with Crippen LogP contribution in [0.15, 0.2) is 35.4 Å². The van der Waals surface area contributed by atoms with E-state index in [9.17, 15) is 0 Å². The molecule has 0 nitrogen and oxygen atoms in total. The lowest BCUT2D eigenvalue weighted by Gasteiger charge is -2.33. The van der Waals surface area contributed by atoms with Crippen molar-refractivity contribution >= 4 is 35.4 Å². The van der Waals surface area contributed by atoms with Crippen LogP contribution in [0.1, 0.15) is 71.2 Å². The van der Waals surface area contributed by atoms with Crippen LogP contribution >= 0.6 is 23.2 Å². The van der Waals surface area contributed by atoms with Gasteiger partial charge in [-0.3, -0.25) is 0 Å². The number of hydrogen-bond acceptors (Lipinski definition) is 0. The van der Waals surface area contributed by atoms with Crippen LogP contribution in [0.2, 0.25) is 0 Å². The number of fused-ring (bicyclic) bond motifs is 2. The number of halogens is 2. The minimum Gasteiger partial charge on any atom is -0.109 e. The van der Waals surface area contributed by atoms with Crippen molar-refractivity contribution in [2.75, 3.05) is 0 Å². The van der Waals surface area contributed by atoms with E-state index >= 15 is 0 Å². The molecular weight excluding hydrogens is 383 g/mol. The first-order chi connectivity index (χ1) is 13.1. The molecule has 0 aliphatic heterocycles. The van der Waals surface area contributed by atoms with Gasteiger partial charge in [0, 0.05) is 0 Å². The van der Waals surface area contributed by atoms with Gasteiger partial charge in [-0.15, -0.1) is 23.2 Å². The summed E-state index contributed by atoms with van der Waals surface area (Å²) in [6, 6.07) is 8.77. The quantitative estimate of drug-likeness (QED) is 0.448. The molecule has 0 N–H and O–H groups in total. The van der Waals surface area contributed by atoms with E-state index < -0.39 is 9.75 Å². The first kappa shape index (κ1) is 19.8. The van der Waals surface area contributed by atoms with E-state index in [1.807, 2.05) is 0 Å². The maximum Gasteiger partial charge on any atom is 0.0914 e. The van der Waals surface area contributed by atoms with Crippen LogP contribution in [0.4, 0.5) is 0 Å². The Hall–Kier alpha value is -1.50. The van der Waals surface area contributed by atoms with Gasteiger partial charge in [0.05, 0.1) is 9.75 Å². The summed E-state index contributed by atoms with van der Waals surface area (Å²) in [5.41, 5.74) is 12.7. The van der Waals surface area contributed by atoms with E-state index in [0.717, 1.165) is 12.8 Å². The molecule has 0 radical (unpaired) electrons. The SMILES string of the molecule is CC1=Cc2c(C)ccc(C)c2C1(Cl)CCC1(Cl)C(C)=Cc2c(C)ccc(C)c21. The predicted molar refractivity (Wildman–Crippen MR) is 123 cm³/mol. The Labute approximate surface area is 179 Å². The Bertz CT molecular complexity index is 971. The number of benzene rings is 2. The third kappa shape index (κ3) is 2.65. The lowest BCUT2D eigenvalue weighted by Crippen LogP contribution is -2.26. The summed E-state index contributed by atoms with van der Waals surface area (Å²) in [5, 5.41) is 0. The minimum atomic E-state index is -0.478. The third-order valence-electron chi connectivity index (χ3n) is 6.92. The van der Waals surface area contributed by atoms with Crippen molar-refractivity contribution in [1.29, 1.82) is 0 Å². The van der Waals surface area contributed by atoms with Crippen LogP contribution in [0.5, 0.6) is 0 Å². The maximum absolute atomic E-state index is 7.37. The highest BCUT2D eigenvalue weighted by molar-refractivity contribution is 6.29. The van der Waals surface area contributed by atoms with E-state index in [-0.39, 0.29) is 0 Å². The zero-order chi connectivity index (χ0) is 20.4. The number of hydrogen-bond donors (Lipinski definition) is 0. The van der Waals surface area contributed by atoms with E-state index in [2.05, 4.69) is 78.0 Å². The van der Waals surface area contributed by atoms with Gasteiger partial charge in [-0.1, -0.05) is 36.4 Å².